The molecular weight excluding hydrogens is 162 g/mol. The Labute approximate surface area is 67.6 Å². The highest BCUT2D eigenvalue weighted by Gasteiger charge is 2.05. The number of rotatable bonds is 3. The van der Waals surface area contributed by atoms with E-state index in [1.165, 1.54) is 12.3 Å². The fourth-order valence-corrected chi connectivity index (χ4v) is 0.720. The maximum Gasteiger partial charge on any atom is 0.325 e. The Bertz CT molecular complexity index is 318. The summed E-state index contributed by atoms with van der Waals surface area (Å²) in [5.74, 6) is -1.69. The molecule has 12 heavy (non-hydrogen) atoms. The Hall–Kier alpha value is -1.85. The molecule has 6 nitrogen and oxygen atoms in total. The number of carboxylic acid groups (broad SMARTS) is 1. The first-order chi connectivity index (χ1) is 5.59. The molecular formula is C6H7N3O3. The van der Waals surface area contributed by atoms with Crippen molar-refractivity contribution >= 4 is 11.9 Å². The lowest BCUT2D eigenvalue weighted by molar-refractivity contribution is -0.137. The molecule has 1 aromatic heterocycles. The van der Waals surface area contributed by atoms with Crippen LogP contribution < -0.4 is 5.73 Å². The van der Waals surface area contributed by atoms with Gasteiger partial charge in [0, 0.05) is 6.20 Å². The van der Waals surface area contributed by atoms with Gasteiger partial charge in [-0.15, -0.1) is 0 Å². The Kier molecular flexibility index (Phi) is 2.09. The molecule has 0 fully saturated rings. The van der Waals surface area contributed by atoms with Crippen LogP contribution in [-0.2, 0) is 11.3 Å². The fraction of sp³-hybridized carbons (Fsp3) is 0.167. The largest absolute Gasteiger partial charge is 0.480 e. The molecule has 0 spiro atoms. The quantitative estimate of drug-likeness (QED) is 0.610. The van der Waals surface area contributed by atoms with E-state index >= 15 is 0 Å². The van der Waals surface area contributed by atoms with Crippen molar-refractivity contribution in [3.8, 4) is 0 Å². The minimum Gasteiger partial charge on any atom is -0.480 e. The number of carboxylic acids is 1. The Balaban J connectivity index is 2.77. The molecule has 0 unspecified atom stereocenters. The Morgan fingerprint density at radius 1 is 1.67 bits per heavy atom. The van der Waals surface area contributed by atoms with Gasteiger partial charge in [0.25, 0.3) is 5.91 Å². The van der Waals surface area contributed by atoms with E-state index in [2.05, 4.69) is 5.10 Å². The van der Waals surface area contributed by atoms with Crippen LogP contribution in [0.15, 0.2) is 12.3 Å². The number of carbonyl (C=O) groups is 2. The number of nitrogens with two attached hydrogens (primary N) is 1. The summed E-state index contributed by atoms with van der Waals surface area (Å²) < 4.78 is 1.13. The molecule has 1 rings (SSSR count). The van der Waals surface area contributed by atoms with Crippen LogP contribution in [0.5, 0.6) is 0 Å². The number of hydrogen-bond donors (Lipinski definition) is 2. The van der Waals surface area contributed by atoms with Crippen LogP contribution in [0.1, 0.15) is 10.5 Å². The SMILES string of the molecule is NC(=O)c1ccn(CC(=O)O)n1. The molecule has 0 aliphatic carbocycles. The van der Waals surface area contributed by atoms with Crippen LogP contribution in [0.4, 0.5) is 0 Å². The minimum absolute atomic E-state index is 0.0660. The van der Waals surface area contributed by atoms with E-state index in [1.54, 1.807) is 0 Å². The number of nitrogens with zero attached hydrogens (tertiary/aromatic N) is 2. The highest BCUT2D eigenvalue weighted by molar-refractivity contribution is 5.90. The van der Waals surface area contributed by atoms with Crippen LogP contribution in [0.2, 0.25) is 0 Å². The lowest BCUT2D eigenvalue weighted by atomic mass is 10.4. The van der Waals surface area contributed by atoms with E-state index in [9.17, 15) is 9.59 Å². The van der Waals surface area contributed by atoms with E-state index in [0.29, 0.717) is 0 Å². The van der Waals surface area contributed by atoms with Crippen LogP contribution in [-0.4, -0.2) is 26.8 Å². The number of carbonyl (C=O) groups excluding carboxylic acids is 1. The molecule has 0 aliphatic heterocycles. The van der Waals surface area contributed by atoms with E-state index in [0.717, 1.165) is 4.68 Å². The van der Waals surface area contributed by atoms with Gasteiger partial charge in [0.15, 0.2) is 0 Å². The summed E-state index contributed by atoms with van der Waals surface area (Å²) in [5.41, 5.74) is 4.96. The lowest BCUT2D eigenvalue weighted by Crippen LogP contribution is -2.14. The number of amides is 1. The van der Waals surface area contributed by atoms with Crippen molar-refractivity contribution in [2.24, 2.45) is 5.73 Å². The second-order valence-electron chi connectivity index (χ2n) is 2.16. The maximum absolute atomic E-state index is 10.5. The molecule has 0 radical (unpaired) electrons. The first-order valence-electron chi connectivity index (χ1n) is 3.14. The maximum atomic E-state index is 10.5. The highest BCUT2D eigenvalue weighted by atomic mass is 16.4. The average molecular weight is 169 g/mol. The predicted octanol–water partition coefficient (Wildman–Crippen LogP) is -0.933. The van der Waals surface area contributed by atoms with Crippen molar-refractivity contribution in [1.29, 1.82) is 0 Å². The first kappa shape index (κ1) is 8.25. The summed E-state index contributed by atoms with van der Waals surface area (Å²) in [6.45, 7) is -0.271. The standard InChI is InChI=1S/C6H7N3O3/c7-6(12)4-1-2-9(8-4)3-5(10)11/h1-2H,3H2,(H2,7,12)(H,10,11). The third-order valence-electron chi connectivity index (χ3n) is 1.19. The van der Waals surface area contributed by atoms with Gasteiger partial charge in [-0.25, -0.2) is 0 Å². The number of primary amides is 1. The normalized spacial score (nSPS) is 9.67. The van der Waals surface area contributed by atoms with Gasteiger partial charge < -0.3 is 10.8 Å². The molecule has 0 bridgehead atoms. The molecule has 0 aromatic carbocycles. The van der Waals surface area contributed by atoms with Gasteiger partial charge in [0.2, 0.25) is 0 Å². The molecule has 1 amide bonds. The highest BCUT2D eigenvalue weighted by Crippen LogP contribution is 1.93. The fourth-order valence-electron chi connectivity index (χ4n) is 0.720. The molecule has 1 heterocycles. The molecule has 0 atom stereocenters. The van der Waals surface area contributed by atoms with Gasteiger partial charge >= 0.3 is 5.97 Å². The predicted molar refractivity (Wildman–Crippen MR) is 38.4 cm³/mol. The Morgan fingerprint density at radius 3 is 2.75 bits per heavy atom. The number of aliphatic carboxylic acids is 1. The average Bonchev–Trinajstić information content (AvgIpc) is 2.34. The first-order valence-corrected chi connectivity index (χ1v) is 3.14. The van der Waals surface area contributed by atoms with Crippen molar-refractivity contribution in [1.82, 2.24) is 9.78 Å². The smallest absolute Gasteiger partial charge is 0.325 e. The van der Waals surface area contributed by atoms with Crippen molar-refractivity contribution in [2.45, 2.75) is 6.54 Å². The molecule has 1 aromatic rings. The van der Waals surface area contributed by atoms with Crippen LogP contribution in [0.3, 0.4) is 0 Å². The van der Waals surface area contributed by atoms with Crippen LogP contribution in [0, 0.1) is 0 Å². The second-order valence-corrected chi connectivity index (χ2v) is 2.16. The van der Waals surface area contributed by atoms with Crippen LogP contribution in [0.25, 0.3) is 0 Å². The zero-order valence-electron chi connectivity index (χ0n) is 6.10. The molecule has 0 aliphatic rings. The van der Waals surface area contributed by atoms with Gasteiger partial charge in [-0.2, -0.15) is 5.10 Å². The van der Waals surface area contributed by atoms with Gasteiger partial charge in [-0.05, 0) is 6.07 Å². The molecule has 64 valence electrons. The number of hydrogen-bond acceptors (Lipinski definition) is 3. The van der Waals surface area contributed by atoms with E-state index in [1.807, 2.05) is 0 Å². The molecule has 6 heteroatoms. The van der Waals surface area contributed by atoms with Crippen molar-refractivity contribution in [3.63, 3.8) is 0 Å². The zero-order chi connectivity index (χ0) is 9.14. The topological polar surface area (TPSA) is 98.2 Å². The molecule has 3 N–H and O–H groups in total. The van der Waals surface area contributed by atoms with Gasteiger partial charge in [-0.3, -0.25) is 14.3 Å². The van der Waals surface area contributed by atoms with Crippen LogP contribution >= 0.6 is 0 Å². The third-order valence-corrected chi connectivity index (χ3v) is 1.19. The zero-order valence-corrected chi connectivity index (χ0v) is 6.10. The summed E-state index contributed by atoms with van der Waals surface area (Å²) >= 11 is 0. The summed E-state index contributed by atoms with van der Waals surface area (Å²) in [6.07, 6.45) is 1.38. The van der Waals surface area contributed by atoms with E-state index < -0.39 is 11.9 Å². The van der Waals surface area contributed by atoms with E-state index in [4.69, 9.17) is 10.8 Å². The van der Waals surface area contributed by atoms with Crippen molar-refractivity contribution in [2.75, 3.05) is 0 Å². The molecule has 0 saturated heterocycles. The summed E-state index contributed by atoms with van der Waals surface area (Å²) in [4.78, 5) is 20.7. The number of aromatic nitrogens is 2. The Morgan fingerprint density at radius 2 is 2.33 bits per heavy atom. The summed E-state index contributed by atoms with van der Waals surface area (Å²) in [7, 11) is 0. The third kappa shape index (κ3) is 1.82. The lowest BCUT2D eigenvalue weighted by Gasteiger charge is -1.93. The van der Waals surface area contributed by atoms with E-state index in [-0.39, 0.29) is 12.2 Å². The van der Waals surface area contributed by atoms with Crippen molar-refractivity contribution in [3.05, 3.63) is 18.0 Å². The second kappa shape index (κ2) is 3.04. The van der Waals surface area contributed by atoms with Gasteiger partial charge in [0.1, 0.15) is 12.2 Å². The summed E-state index contributed by atoms with van der Waals surface area (Å²) in [5, 5.41) is 11.9. The van der Waals surface area contributed by atoms with Gasteiger partial charge in [-0.1, -0.05) is 0 Å². The van der Waals surface area contributed by atoms with Gasteiger partial charge in [0.05, 0.1) is 0 Å². The summed E-state index contributed by atoms with van der Waals surface area (Å²) in [6, 6.07) is 1.37. The van der Waals surface area contributed by atoms with Crippen molar-refractivity contribution < 1.29 is 14.7 Å². The monoisotopic (exact) mass is 169 g/mol. The molecule has 0 saturated carbocycles. The minimum atomic E-state index is -1.02.